The summed E-state index contributed by atoms with van der Waals surface area (Å²) in [6, 6.07) is -0.121. The molecule has 3 heterocycles. The van der Waals surface area contributed by atoms with Gasteiger partial charge in [-0.3, -0.25) is 9.59 Å². The fraction of sp³-hybridized carbons (Fsp3) is 0.650. The highest BCUT2D eigenvalue weighted by atomic mass is 16.7. The SMILES string of the molecule is CC/C1=C/C=C/[C@H](C)[C@H](OC)[C@@H](CC)[C@@H](O)[C@@H](C)[C@H](OC)[C@H](C)[C@@H](C)/C=C/O[C@@]2(C)Oc3c(C)c(OC)c4c(c3C2=O)CCC(C4)NC1=O. The Kier molecular flexibility index (Phi) is 12.8. The summed E-state index contributed by atoms with van der Waals surface area (Å²) in [5.74, 6) is -1.07. The molecule has 49 heavy (non-hydrogen) atoms. The van der Waals surface area contributed by atoms with Gasteiger partial charge in [-0.2, -0.15) is 0 Å². The predicted molar refractivity (Wildman–Crippen MR) is 191 cm³/mol. The highest BCUT2D eigenvalue weighted by Gasteiger charge is 2.50. The molecule has 3 aliphatic heterocycles. The van der Waals surface area contributed by atoms with Crippen LogP contribution in [-0.4, -0.2) is 68.3 Å². The van der Waals surface area contributed by atoms with Gasteiger partial charge in [0.1, 0.15) is 11.5 Å². The highest BCUT2D eigenvalue weighted by Crippen LogP contribution is 2.48. The number of Topliss-reactive ketones (excluding diaryl/α,β-unsaturated/α-hetero) is 1. The van der Waals surface area contributed by atoms with Gasteiger partial charge in [0.2, 0.25) is 5.91 Å². The van der Waals surface area contributed by atoms with E-state index in [1.807, 2.05) is 39.0 Å². The molecule has 5 bridgehead atoms. The Morgan fingerprint density at radius 1 is 0.980 bits per heavy atom. The number of allylic oxidation sites excluding steroid dienone is 3. The second-order valence-electron chi connectivity index (χ2n) is 14.4. The molecule has 0 saturated carbocycles. The van der Waals surface area contributed by atoms with E-state index >= 15 is 0 Å². The van der Waals surface area contributed by atoms with Crippen molar-refractivity contribution in [1.82, 2.24) is 5.32 Å². The number of methoxy groups -OCH3 is 3. The maximum Gasteiger partial charge on any atom is 0.312 e. The zero-order chi connectivity index (χ0) is 36.2. The maximum atomic E-state index is 14.1. The Balaban J connectivity index is 1.77. The van der Waals surface area contributed by atoms with Gasteiger partial charge in [0, 0.05) is 61.6 Å². The Hall–Kier alpha value is -3.14. The van der Waals surface area contributed by atoms with Gasteiger partial charge in [-0.25, -0.2) is 0 Å². The average Bonchev–Trinajstić information content (AvgIpc) is 3.35. The molecule has 1 aromatic rings. The molecule has 0 radical (unpaired) electrons. The second-order valence-corrected chi connectivity index (χ2v) is 14.4. The van der Waals surface area contributed by atoms with Crippen molar-refractivity contribution in [3.8, 4) is 11.5 Å². The zero-order valence-electron chi connectivity index (χ0n) is 31.4. The Morgan fingerprint density at radius 3 is 2.29 bits per heavy atom. The molecule has 0 saturated heterocycles. The second kappa shape index (κ2) is 16.3. The molecule has 1 amide bonds. The number of benzene rings is 1. The van der Waals surface area contributed by atoms with Gasteiger partial charge in [-0.1, -0.05) is 59.8 Å². The van der Waals surface area contributed by atoms with Gasteiger partial charge < -0.3 is 34.1 Å². The minimum atomic E-state index is -1.54. The molecule has 0 aromatic heterocycles. The molecule has 4 aliphatic rings. The first-order valence-corrected chi connectivity index (χ1v) is 18.0. The summed E-state index contributed by atoms with van der Waals surface area (Å²) in [4.78, 5) is 27.6. The van der Waals surface area contributed by atoms with Crippen molar-refractivity contribution in [2.24, 2.45) is 29.6 Å². The monoisotopic (exact) mass is 681 g/mol. The van der Waals surface area contributed by atoms with Crippen molar-refractivity contribution in [2.75, 3.05) is 21.3 Å². The van der Waals surface area contributed by atoms with Crippen LogP contribution >= 0.6 is 0 Å². The number of nitrogens with one attached hydrogen (secondary N) is 1. The average molecular weight is 682 g/mol. The van der Waals surface area contributed by atoms with E-state index < -0.39 is 11.9 Å². The lowest BCUT2D eigenvalue weighted by Gasteiger charge is -2.39. The fourth-order valence-electron chi connectivity index (χ4n) is 8.21. The normalized spacial score (nSPS) is 36.6. The number of rotatable bonds is 5. The molecule has 5 rings (SSSR count). The summed E-state index contributed by atoms with van der Waals surface area (Å²) in [6.07, 6.45) is 11.2. The van der Waals surface area contributed by atoms with Crippen molar-refractivity contribution in [3.05, 3.63) is 58.4 Å². The zero-order valence-corrected chi connectivity index (χ0v) is 31.4. The Labute approximate surface area is 293 Å². The lowest BCUT2D eigenvalue weighted by atomic mass is 9.75. The summed E-state index contributed by atoms with van der Waals surface area (Å²) in [7, 11) is 5.00. The Bertz CT molecular complexity index is 1450. The summed E-state index contributed by atoms with van der Waals surface area (Å²) in [5, 5.41) is 15.0. The molecule has 1 aliphatic carbocycles. The molecule has 1 unspecified atom stereocenters. The molecule has 1 aromatic carbocycles. The quantitative estimate of drug-likeness (QED) is 0.355. The topological polar surface area (TPSA) is 113 Å². The van der Waals surface area contributed by atoms with E-state index in [0.29, 0.717) is 48.3 Å². The van der Waals surface area contributed by atoms with Crippen LogP contribution in [0.3, 0.4) is 0 Å². The van der Waals surface area contributed by atoms with Crippen molar-refractivity contribution in [3.63, 3.8) is 0 Å². The number of aliphatic hydroxyl groups excluding tert-OH is 1. The molecular weight excluding hydrogens is 622 g/mol. The van der Waals surface area contributed by atoms with Gasteiger partial charge in [0.25, 0.3) is 5.78 Å². The largest absolute Gasteiger partial charge is 0.496 e. The molecule has 0 spiro atoms. The third kappa shape index (κ3) is 7.64. The fourth-order valence-corrected chi connectivity index (χ4v) is 8.21. The summed E-state index contributed by atoms with van der Waals surface area (Å²) in [6.45, 7) is 15.9. The van der Waals surface area contributed by atoms with Crippen LogP contribution in [0.2, 0.25) is 0 Å². The van der Waals surface area contributed by atoms with Crippen LogP contribution in [0.1, 0.15) is 94.8 Å². The van der Waals surface area contributed by atoms with Crippen LogP contribution in [0, 0.1) is 36.5 Å². The van der Waals surface area contributed by atoms with Crippen molar-refractivity contribution >= 4 is 11.7 Å². The smallest absolute Gasteiger partial charge is 0.312 e. The number of carbonyl (C=O) groups excluding carboxylic acids is 2. The first-order valence-electron chi connectivity index (χ1n) is 18.0. The van der Waals surface area contributed by atoms with Crippen LogP contribution in [-0.2, 0) is 31.8 Å². The Morgan fingerprint density at radius 2 is 1.67 bits per heavy atom. The summed E-state index contributed by atoms with van der Waals surface area (Å²) in [5.41, 5.74) is 3.78. The van der Waals surface area contributed by atoms with E-state index in [0.717, 1.165) is 23.1 Å². The molecule has 2 N–H and O–H groups in total. The third-order valence-electron chi connectivity index (χ3n) is 11.4. The van der Waals surface area contributed by atoms with Crippen molar-refractivity contribution in [1.29, 1.82) is 0 Å². The standard InChI is InChI=1S/C40H59NO8/c1-12-27-16-14-15-23(4)34(45-9)29(13-2)33(42)25(6)35(46-10)24(5)22(3)19-20-48-40(8)38(43)32-30-18-17-28(41-39(27)44)21-31(30)36(47-11)26(7)37(32)49-40/h14-16,19-20,22-25,28-29,33-35,42H,12-13,17-18,21H2,1-11H3,(H,41,44)/b15-14+,20-19+,27-16-/t22-,23-,24+,25+,28?,29-,33-,34-,35+,40-/m0/s1. The number of aliphatic hydroxyl groups is 1. The van der Waals surface area contributed by atoms with Crippen molar-refractivity contribution < 1.29 is 38.4 Å². The molecule has 10 atom stereocenters. The van der Waals surface area contributed by atoms with Gasteiger partial charge >= 0.3 is 5.79 Å². The lowest BCUT2D eigenvalue weighted by molar-refractivity contribution is -0.118. The van der Waals surface area contributed by atoms with E-state index in [4.69, 9.17) is 23.7 Å². The van der Waals surface area contributed by atoms with Crippen LogP contribution in [0.15, 0.2) is 36.1 Å². The first kappa shape index (κ1) is 38.7. The van der Waals surface area contributed by atoms with Gasteiger partial charge in [0.15, 0.2) is 0 Å². The maximum absolute atomic E-state index is 14.1. The van der Waals surface area contributed by atoms with Crippen LogP contribution < -0.4 is 14.8 Å². The summed E-state index contributed by atoms with van der Waals surface area (Å²) < 4.78 is 30.4. The van der Waals surface area contributed by atoms with Crippen LogP contribution in [0.4, 0.5) is 0 Å². The van der Waals surface area contributed by atoms with E-state index in [-0.39, 0.29) is 59.5 Å². The van der Waals surface area contributed by atoms with E-state index in [2.05, 4.69) is 39.1 Å². The van der Waals surface area contributed by atoms with E-state index in [1.54, 1.807) is 34.5 Å². The number of amides is 1. The minimum Gasteiger partial charge on any atom is -0.496 e. The molecule has 9 heteroatoms. The van der Waals surface area contributed by atoms with Gasteiger partial charge in [0.05, 0.1) is 37.2 Å². The highest BCUT2D eigenvalue weighted by molar-refractivity contribution is 6.08. The van der Waals surface area contributed by atoms with E-state index in [1.165, 1.54) is 0 Å². The minimum absolute atomic E-state index is 0.00550. The molecule has 0 fully saturated rings. The number of ketones is 1. The number of hydrogen-bond donors (Lipinski definition) is 2. The molecule has 272 valence electrons. The lowest BCUT2D eigenvalue weighted by Crippen LogP contribution is -2.45. The molecular formula is C40H59NO8. The van der Waals surface area contributed by atoms with E-state index in [9.17, 15) is 14.7 Å². The number of hydrogen-bond acceptors (Lipinski definition) is 8. The first-order chi connectivity index (χ1) is 23.3. The third-order valence-corrected chi connectivity index (χ3v) is 11.4. The van der Waals surface area contributed by atoms with Crippen LogP contribution in [0.5, 0.6) is 11.5 Å². The molecule has 9 nitrogen and oxygen atoms in total. The number of ether oxygens (including phenoxy) is 5. The van der Waals surface area contributed by atoms with Gasteiger partial charge in [-0.15, -0.1) is 0 Å². The number of fused-ring (bicyclic) bond motifs is 14. The summed E-state index contributed by atoms with van der Waals surface area (Å²) >= 11 is 0. The van der Waals surface area contributed by atoms with Gasteiger partial charge in [-0.05, 0) is 62.5 Å². The van der Waals surface area contributed by atoms with Crippen LogP contribution in [0.25, 0.3) is 0 Å². The van der Waals surface area contributed by atoms with Crippen molar-refractivity contribution in [2.45, 2.75) is 118 Å². The predicted octanol–water partition coefficient (Wildman–Crippen LogP) is 6.67. The number of carbonyl (C=O) groups is 2.